The molecule has 0 aliphatic heterocycles. The van der Waals surface area contributed by atoms with Crippen molar-refractivity contribution >= 4 is 0 Å². The van der Waals surface area contributed by atoms with Gasteiger partial charge in [-0.05, 0) is 11.1 Å². The third kappa shape index (κ3) is 2.60. The lowest BCUT2D eigenvalue weighted by molar-refractivity contribution is 0.124. The molecule has 0 radical (unpaired) electrons. The maximum absolute atomic E-state index is 11.9. The molecule has 2 nitrogen and oxygen atoms in total. The van der Waals surface area contributed by atoms with Gasteiger partial charge in [-0.25, -0.2) is 5.90 Å². The molecule has 1 aromatic rings. The summed E-state index contributed by atoms with van der Waals surface area (Å²) in [5.41, 5.74) is 1.95. The number of alkyl halides is 1. The van der Waals surface area contributed by atoms with Gasteiger partial charge in [0.15, 0.2) is 0 Å². The average molecular weight is 169 g/mol. The number of benzene rings is 1. The van der Waals surface area contributed by atoms with Gasteiger partial charge in [-0.1, -0.05) is 24.3 Å². The molecule has 1 rings (SSSR count). The molecule has 0 unspecified atom stereocenters. The Morgan fingerprint density at radius 2 is 2.08 bits per heavy atom. The summed E-state index contributed by atoms with van der Waals surface area (Å²) in [5.74, 6) is 4.91. The summed E-state index contributed by atoms with van der Waals surface area (Å²) in [6.07, 6.45) is 0.457. The van der Waals surface area contributed by atoms with E-state index in [0.717, 1.165) is 11.1 Å². The van der Waals surface area contributed by atoms with Crippen LogP contribution in [-0.2, 0) is 17.9 Å². The van der Waals surface area contributed by atoms with Gasteiger partial charge in [-0.15, -0.1) is 0 Å². The van der Waals surface area contributed by atoms with Gasteiger partial charge in [0, 0.05) is 6.42 Å². The van der Waals surface area contributed by atoms with Gasteiger partial charge in [0.05, 0.1) is 13.3 Å². The van der Waals surface area contributed by atoms with Gasteiger partial charge < -0.3 is 0 Å². The van der Waals surface area contributed by atoms with E-state index in [9.17, 15) is 4.39 Å². The predicted molar refractivity (Wildman–Crippen MR) is 45.1 cm³/mol. The Kier molecular flexibility index (Phi) is 3.70. The molecule has 12 heavy (non-hydrogen) atoms. The SMILES string of the molecule is NOCc1cccc(CCF)c1. The van der Waals surface area contributed by atoms with Gasteiger partial charge in [0.25, 0.3) is 0 Å². The normalized spacial score (nSPS) is 10.2. The Labute approximate surface area is 71.1 Å². The van der Waals surface area contributed by atoms with Gasteiger partial charge in [0.1, 0.15) is 0 Å². The number of hydrogen-bond donors (Lipinski definition) is 1. The van der Waals surface area contributed by atoms with Crippen LogP contribution in [0.15, 0.2) is 24.3 Å². The van der Waals surface area contributed by atoms with Crippen LogP contribution in [0.3, 0.4) is 0 Å². The number of aryl methyl sites for hydroxylation is 1. The van der Waals surface area contributed by atoms with E-state index in [-0.39, 0.29) is 6.67 Å². The minimum Gasteiger partial charge on any atom is -0.300 e. The molecule has 0 aliphatic rings. The van der Waals surface area contributed by atoms with Crippen molar-refractivity contribution in [1.82, 2.24) is 0 Å². The van der Waals surface area contributed by atoms with Crippen LogP contribution in [0.2, 0.25) is 0 Å². The Morgan fingerprint density at radius 1 is 1.33 bits per heavy atom. The Balaban J connectivity index is 2.67. The highest BCUT2D eigenvalue weighted by molar-refractivity contribution is 5.23. The largest absolute Gasteiger partial charge is 0.300 e. The maximum atomic E-state index is 11.9. The van der Waals surface area contributed by atoms with E-state index in [2.05, 4.69) is 4.84 Å². The third-order valence-electron chi connectivity index (χ3n) is 1.62. The van der Waals surface area contributed by atoms with Crippen LogP contribution in [0.25, 0.3) is 0 Å². The van der Waals surface area contributed by atoms with E-state index in [1.807, 2.05) is 24.3 Å². The molecule has 0 saturated carbocycles. The second-order valence-corrected chi connectivity index (χ2v) is 2.57. The Hall–Kier alpha value is -0.930. The van der Waals surface area contributed by atoms with Crippen molar-refractivity contribution < 1.29 is 9.23 Å². The van der Waals surface area contributed by atoms with Crippen LogP contribution < -0.4 is 5.90 Å². The topological polar surface area (TPSA) is 35.2 Å². The van der Waals surface area contributed by atoms with Crippen LogP contribution in [0.4, 0.5) is 4.39 Å². The van der Waals surface area contributed by atoms with Crippen LogP contribution in [-0.4, -0.2) is 6.67 Å². The fraction of sp³-hybridized carbons (Fsp3) is 0.333. The summed E-state index contributed by atoms with van der Waals surface area (Å²) in [5, 5.41) is 0. The molecular weight excluding hydrogens is 157 g/mol. The van der Waals surface area contributed by atoms with E-state index in [1.54, 1.807) is 0 Å². The van der Waals surface area contributed by atoms with Crippen molar-refractivity contribution in [3.05, 3.63) is 35.4 Å². The number of rotatable bonds is 4. The molecule has 0 bridgehead atoms. The van der Waals surface area contributed by atoms with Crippen molar-refractivity contribution in [2.45, 2.75) is 13.0 Å². The lowest BCUT2D eigenvalue weighted by Gasteiger charge is -2.01. The van der Waals surface area contributed by atoms with Crippen molar-refractivity contribution in [2.24, 2.45) is 5.90 Å². The second-order valence-electron chi connectivity index (χ2n) is 2.57. The fourth-order valence-corrected chi connectivity index (χ4v) is 1.08. The molecule has 0 saturated heterocycles. The quantitative estimate of drug-likeness (QED) is 0.694. The van der Waals surface area contributed by atoms with E-state index in [4.69, 9.17) is 5.90 Å². The first kappa shape index (κ1) is 9.16. The summed E-state index contributed by atoms with van der Waals surface area (Å²) >= 11 is 0. The maximum Gasteiger partial charge on any atom is 0.0934 e. The molecule has 0 amide bonds. The zero-order chi connectivity index (χ0) is 8.81. The summed E-state index contributed by atoms with van der Waals surface area (Å²) in [4.78, 5) is 4.47. The van der Waals surface area contributed by atoms with E-state index >= 15 is 0 Å². The van der Waals surface area contributed by atoms with Crippen LogP contribution in [0.1, 0.15) is 11.1 Å². The highest BCUT2D eigenvalue weighted by atomic mass is 19.1. The summed E-state index contributed by atoms with van der Waals surface area (Å²) < 4.78 is 11.9. The van der Waals surface area contributed by atoms with Crippen molar-refractivity contribution in [3.8, 4) is 0 Å². The Morgan fingerprint density at radius 3 is 2.75 bits per heavy atom. The molecule has 0 fully saturated rings. The van der Waals surface area contributed by atoms with Crippen LogP contribution in [0.5, 0.6) is 0 Å². The standard InChI is InChI=1S/C9H12FNO/c10-5-4-8-2-1-3-9(6-8)7-12-11/h1-3,6H,4-5,7,11H2. The Bertz CT molecular complexity index is 218. The van der Waals surface area contributed by atoms with Gasteiger partial charge in [-0.3, -0.25) is 9.23 Å². The highest BCUT2D eigenvalue weighted by Gasteiger charge is 1.95. The molecule has 0 heterocycles. The highest BCUT2D eigenvalue weighted by Crippen LogP contribution is 2.06. The summed E-state index contributed by atoms with van der Waals surface area (Å²) in [6.45, 7) is 0.0487. The molecular formula is C9H12FNO. The zero-order valence-electron chi connectivity index (χ0n) is 6.79. The zero-order valence-corrected chi connectivity index (χ0v) is 6.79. The minimum absolute atomic E-state index is 0.326. The monoisotopic (exact) mass is 169 g/mol. The lowest BCUT2D eigenvalue weighted by Crippen LogP contribution is -1.99. The summed E-state index contributed by atoms with van der Waals surface area (Å²) in [7, 11) is 0. The lowest BCUT2D eigenvalue weighted by atomic mass is 10.1. The molecule has 1 aromatic carbocycles. The molecule has 66 valence electrons. The first-order chi connectivity index (χ1) is 5.86. The minimum atomic E-state index is -0.326. The second kappa shape index (κ2) is 4.85. The van der Waals surface area contributed by atoms with Crippen LogP contribution >= 0.6 is 0 Å². The van der Waals surface area contributed by atoms with E-state index in [1.165, 1.54) is 0 Å². The van der Waals surface area contributed by atoms with Gasteiger partial charge >= 0.3 is 0 Å². The smallest absolute Gasteiger partial charge is 0.0934 e. The fourth-order valence-electron chi connectivity index (χ4n) is 1.08. The average Bonchev–Trinajstić information content (AvgIpc) is 2.06. The first-order valence-electron chi connectivity index (χ1n) is 3.82. The van der Waals surface area contributed by atoms with Crippen molar-refractivity contribution in [1.29, 1.82) is 0 Å². The van der Waals surface area contributed by atoms with Gasteiger partial charge in [-0.2, -0.15) is 0 Å². The number of halogens is 1. The molecule has 0 spiro atoms. The van der Waals surface area contributed by atoms with Crippen molar-refractivity contribution in [3.63, 3.8) is 0 Å². The molecule has 2 N–H and O–H groups in total. The number of hydrogen-bond acceptors (Lipinski definition) is 2. The van der Waals surface area contributed by atoms with Crippen molar-refractivity contribution in [2.75, 3.05) is 6.67 Å². The molecule has 0 aromatic heterocycles. The molecule has 0 aliphatic carbocycles. The first-order valence-corrected chi connectivity index (χ1v) is 3.82. The van der Waals surface area contributed by atoms with E-state index < -0.39 is 0 Å². The summed E-state index contributed by atoms with van der Waals surface area (Å²) in [6, 6.07) is 7.56. The van der Waals surface area contributed by atoms with E-state index in [0.29, 0.717) is 13.0 Å². The third-order valence-corrected chi connectivity index (χ3v) is 1.62. The molecule has 3 heteroatoms. The molecule has 0 atom stereocenters. The predicted octanol–water partition coefficient (Wildman–Crippen LogP) is 1.59. The van der Waals surface area contributed by atoms with Crippen LogP contribution in [0, 0.1) is 0 Å². The van der Waals surface area contributed by atoms with Gasteiger partial charge in [0.2, 0.25) is 0 Å². The number of nitrogens with two attached hydrogens (primary N) is 1.